The molecule has 34 heavy (non-hydrogen) atoms. The first-order valence-corrected chi connectivity index (χ1v) is 11.6. The number of amides is 2. The Morgan fingerprint density at radius 3 is 2.29 bits per heavy atom. The zero-order valence-electron chi connectivity index (χ0n) is 20.9. The fourth-order valence-electron chi connectivity index (χ4n) is 3.40. The van der Waals surface area contributed by atoms with Gasteiger partial charge in [-0.15, -0.1) is 0 Å². The highest BCUT2D eigenvalue weighted by molar-refractivity contribution is 5.98. The van der Waals surface area contributed by atoms with E-state index in [1.54, 1.807) is 15.7 Å². The summed E-state index contributed by atoms with van der Waals surface area (Å²) in [5.41, 5.74) is 3.62. The maximum absolute atomic E-state index is 13.0. The second kappa shape index (κ2) is 10.5. The number of benzene rings is 2. The number of aromatic nitrogens is 2. The van der Waals surface area contributed by atoms with E-state index in [0.717, 1.165) is 22.5 Å². The van der Waals surface area contributed by atoms with Crippen molar-refractivity contribution in [2.45, 2.75) is 53.0 Å². The number of rotatable bonds is 7. The van der Waals surface area contributed by atoms with Gasteiger partial charge >= 0.3 is 0 Å². The molecule has 0 fully saturated rings. The number of hydrogen-bond acceptors (Lipinski definition) is 3. The van der Waals surface area contributed by atoms with Crippen molar-refractivity contribution in [1.29, 1.82) is 0 Å². The Labute approximate surface area is 202 Å². The highest BCUT2D eigenvalue weighted by atomic mass is 16.2. The number of carbonyl (C=O) groups excluding carboxylic acids is 2. The van der Waals surface area contributed by atoms with Crippen molar-refractivity contribution >= 4 is 23.7 Å². The average Bonchev–Trinajstić information content (AvgIpc) is 3.21. The minimum atomic E-state index is -0.274. The maximum Gasteiger partial charge on any atom is 0.247 e. The molecule has 0 saturated carbocycles. The van der Waals surface area contributed by atoms with E-state index >= 15 is 0 Å². The Balaban J connectivity index is 1.80. The molecular weight excluding hydrogens is 424 g/mol. The molecule has 0 atom stereocenters. The molecule has 0 aliphatic rings. The van der Waals surface area contributed by atoms with E-state index in [1.165, 1.54) is 6.08 Å². The highest BCUT2D eigenvalue weighted by Crippen LogP contribution is 2.26. The Morgan fingerprint density at radius 2 is 1.71 bits per heavy atom. The van der Waals surface area contributed by atoms with Crippen LogP contribution >= 0.6 is 0 Å². The molecule has 2 aromatic carbocycles. The van der Waals surface area contributed by atoms with Crippen LogP contribution in [-0.4, -0.2) is 39.1 Å². The van der Waals surface area contributed by atoms with E-state index in [9.17, 15) is 9.59 Å². The summed E-state index contributed by atoms with van der Waals surface area (Å²) in [6.07, 6.45) is 3.27. The molecule has 6 heteroatoms. The first-order valence-electron chi connectivity index (χ1n) is 11.6. The van der Waals surface area contributed by atoms with Gasteiger partial charge < -0.3 is 10.2 Å². The van der Waals surface area contributed by atoms with Gasteiger partial charge in [0.05, 0.1) is 11.4 Å². The molecular formula is C28H34N4O2. The van der Waals surface area contributed by atoms with E-state index in [4.69, 9.17) is 5.10 Å². The van der Waals surface area contributed by atoms with E-state index in [1.807, 2.05) is 81.4 Å². The van der Waals surface area contributed by atoms with Gasteiger partial charge in [-0.1, -0.05) is 68.8 Å². The third-order valence-corrected chi connectivity index (χ3v) is 5.46. The van der Waals surface area contributed by atoms with E-state index in [2.05, 4.69) is 26.1 Å². The summed E-state index contributed by atoms with van der Waals surface area (Å²) in [5, 5.41) is 7.73. The molecule has 0 bridgehead atoms. The lowest BCUT2D eigenvalue weighted by Gasteiger charge is -2.25. The number of carbonyl (C=O) groups is 2. The van der Waals surface area contributed by atoms with Gasteiger partial charge in [0.1, 0.15) is 12.4 Å². The number of hydrogen-bond donors (Lipinski definition) is 1. The van der Waals surface area contributed by atoms with Crippen LogP contribution in [0.3, 0.4) is 0 Å². The van der Waals surface area contributed by atoms with Crippen LogP contribution in [0.25, 0.3) is 11.8 Å². The van der Waals surface area contributed by atoms with Crippen molar-refractivity contribution in [3.8, 4) is 5.69 Å². The van der Waals surface area contributed by atoms with Crippen LogP contribution in [0.2, 0.25) is 0 Å². The largest absolute Gasteiger partial charge is 0.327 e. The van der Waals surface area contributed by atoms with Crippen molar-refractivity contribution in [1.82, 2.24) is 14.7 Å². The molecule has 0 spiro atoms. The van der Waals surface area contributed by atoms with Gasteiger partial charge in [-0.25, -0.2) is 4.68 Å². The maximum atomic E-state index is 13.0. The van der Waals surface area contributed by atoms with Crippen molar-refractivity contribution in [3.63, 3.8) is 0 Å². The predicted molar refractivity (Wildman–Crippen MR) is 138 cm³/mol. The minimum absolute atomic E-state index is 0.0560. The second-order valence-electron chi connectivity index (χ2n) is 9.76. The summed E-state index contributed by atoms with van der Waals surface area (Å²) in [6, 6.07) is 19.4. The summed E-state index contributed by atoms with van der Waals surface area (Å²) in [5.74, 6) is 0.0927. The summed E-state index contributed by atoms with van der Waals surface area (Å²) in [4.78, 5) is 27.4. The summed E-state index contributed by atoms with van der Waals surface area (Å²) in [6.45, 7) is 12.0. The predicted octanol–water partition coefficient (Wildman–Crippen LogP) is 5.37. The Hall–Kier alpha value is -3.67. The van der Waals surface area contributed by atoms with Crippen LogP contribution in [0.1, 0.15) is 51.4 Å². The van der Waals surface area contributed by atoms with Crippen LogP contribution in [-0.2, 0) is 15.0 Å². The van der Waals surface area contributed by atoms with Crippen molar-refractivity contribution < 1.29 is 9.59 Å². The summed E-state index contributed by atoms with van der Waals surface area (Å²) >= 11 is 0. The topological polar surface area (TPSA) is 67.2 Å². The standard InChI is InChI=1S/C28H34N4O2/c1-20(2)31(27(34)17-14-22-10-8-7-9-11-22)19-26(33)29-25-18-24(28(4,5)6)30-32(25)23-15-12-21(3)13-16-23/h7-18,20H,19H2,1-6H3,(H,29,33)/b17-14+. The molecule has 1 heterocycles. The van der Waals surface area contributed by atoms with Crippen LogP contribution < -0.4 is 5.32 Å². The third-order valence-electron chi connectivity index (χ3n) is 5.46. The lowest BCUT2D eigenvalue weighted by atomic mass is 9.92. The van der Waals surface area contributed by atoms with Crippen LogP contribution in [0.15, 0.2) is 66.7 Å². The lowest BCUT2D eigenvalue weighted by Crippen LogP contribution is -2.41. The smallest absolute Gasteiger partial charge is 0.247 e. The van der Waals surface area contributed by atoms with Gasteiger partial charge in [0, 0.05) is 23.6 Å². The summed E-state index contributed by atoms with van der Waals surface area (Å²) in [7, 11) is 0. The normalized spacial score (nSPS) is 11.7. The van der Waals surface area contributed by atoms with Gasteiger partial charge in [-0.3, -0.25) is 9.59 Å². The second-order valence-corrected chi connectivity index (χ2v) is 9.76. The van der Waals surface area contributed by atoms with E-state index in [0.29, 0.717) is 5.82 Å². The number of nitrogens with zero attached hydrogens (tertiary/aromatic N) is 3. The van der Waals surface area contributed by atoms with Crippen molar-refractivity contribution in [2.75, 3.05) is 11.9 Å². The molecule has 0 unspecified atom stereocenters. The molecule has 0 aliphatic heterocycles. The van der Waals surface area contributed by atoms with E-state index in [-0.39, 0.29) is 29.8 Å². The van der Waals surface area contributed by atoms with Crippen molar-refractivity contribution in [2.24, 2.45) is 0 Å². The Kier molecular flexibility index (Phi) is 7.72. The monoisotopic (exact) mass is 458 g/mol. The summed E-state index contributed by atoms with van der Waals surface area (Å²) < 4.78 is 1.74. The average molecular weight is 459 g/mol. The quantitative estimate of drug-likeness (QED) is 0.484. The Bertz CT molecular complexity index is 1150. The fourth-order valence-corrected chi connectivity index (χ4v) is 3.40. The highest BCUT2D eigenvalue weighted by Gasteiger charge is 2.23. The molecule has 1 aromatic heterocycles. The molecule has 178 valence electrons. The molecule has 0 saturated heterocycles. The van der Waals surface area contributed by atoms with Gasteiger partial charge in [0.25, 0.3) is 0 Å². The van der Waals surface area contributed by atoms with Crippen LogP contribution in [0, 0.1) is 6.92 Å². The minimum Gasteiger partial charge on any atom is -0.327 e. The van der Waals surface area contributed by atoms with Crippen LogP contribution in [0.4, 0.5) is 5.82 Å². The zero-order valence-corrected chi connectivity index (χ0v) is 20.9. The number of aryl methyl sites for hydroxylation is 1. The molecule has 0 radical (unpaired) electrons. The molecule has 1 N–H and O–H groups in total. The van der Waals surface area contributed by atoms with Gasteiger partial charge in [0.2, 0.25) is 11.8 Å². The van der Waals surface area contributed by atoms with Gasteiger partial charge in [-0.05, 0) is 44.5 Å². The van der Waals surface area contributed by atoms with Gasteiger partial charge in [-0.2, -0.15) is 5.10 Å². The SMILES string of the molecule is Cc1ccc(-n2nc(C(C)(C)C)cc2NC(=O)CN(C(=O)/C=C/c2ccccc2)C(C)C)cc1. The number of nitrogens with one attached hydrogen (secondary N) is 1. The fraction of sp³-hybridized carbons (Fsp3) is 0.321. The first-order chi connectivity index (χ1) is 16.0. The Morgan fingerprint density at radius 1 is 1.06 bits per heavy atom. The van der Waals surface area contributed by atoms with E-state index < -0.39 is 0 Å². The van der Waals surface area contributed by atoms with Gasteiger partial charge in [0.15, 0.2) is 0 Å². The lowest BCUT2D eigenvalue weighted by molar-refractivity contribution is -0.132. The zero-order chi connectivity index (χ0) is 24.9. The molecule has 2 amide bonds. The van der Waals surface area contributed by atoms with Crippen molar-refractivity contribution in [3.05, 3.63) is 83.6 Å². The number of anilines is 1. The molecule has 3 rings (SSSR count). The molecule has 3 aromatic rings. The third kappa shape index (κ3) is 6.44. The molecule has 0 aliphatic carbocycles. The molecule has 6 nitrogen and oxygen atoms in total. The van der Waals surface area contributed by atoms with Crippen LogP contribution in [0.5, 0.6) is 0 Å². The first kappa shape index (κ1) is 25.0.